The normalized spacial score (nSPS) is 15.4. The van der Waals surface area contributed by atoms with E-state index in [-0.39, 0.29) is 5.91 Å². The van der Waals surface area contributed by atoms with Gasteiger partial charge in [0, 0.05) is 5.02 Å². The van der Waals surface area contributed by atoms with Crippen molar-refractivity contribution in [2.75, 3.05) is 44.2 Å². The molecular formula is C19H22ClN4OS2+. The zero-order valence-corrected chi connectivity index (χ0v) is 17.5. The maximum Gasteiger partial charge on any atom is 0.261 e. The van der Waals surface area contributed by atoms with E-state index in [9.17, 15) is 4.79 Å². The van der Waals surface area contributed by atoms with Crippen LogP contribution in [0.5, 0.6) is 0 Å². The molecule has 8 heteroatoms. The van der Waals surface area contributed by atoms with Crippen molar-refractivity contribution in [3.05, 3.63) is 45.1 Å². The number of aryl methyl sites for hydroxylation is 1. The van der Waals surface area contributed by atoms with E-state index in [2.05, 4.69) is 16.3 Å². The van der Waals surface area contributed by atoms with E-state index in [0.717, 1.165) is 58.8 Å². The number of hydrogen-bond donors (Lipinski definition) is 2. The average molecular weight is 422 g/mol. The molecule has 0 aliphatic carbocycles. The number of hydrogen-bond acceptors (Lipinski definition) is 5. The Morgan fingerprint density at radius 3 is 2.89 bits per heavy atom. The first-order valence-electron chi connectivity index (χ1n) is 9.07. The minimum absolute atomic E-state index is 0.0338. The molecule has 3 heterocycles. The molecule has 0 saturated carbocycles. The molecule has 1 aromatic carbocycles. The van der Waals surface area contributed by atoms with Crippen LogP contribution < -0.4 is 15.1 Å². The number of amides is 1. The second-order valence-electron chi connectivity index (χ2n) is 6.74. The standard InChI is InChI=1S/C19H21ClN4OS2/c1-13-14(20)4-5-15-17(13)22-19(27-15)24-10-8-23(9-11-24)7-6-21-18(25)16-3-2-12-26-16/h2-5,12H,6-11H2,1H3,(H,21,25)/p+1. The highest BCUT2D eigenvalue weighted by Crippen LogP contribution is 2.33. The summed E-state index contributed by atoms with van der Waals surface area (Å²) in [6.07, 6.45) is 0. The van der Waals surface area contributed by atoms with Gasteiger partial charge in [0.05, 0.1) is 54.4 Å². The summed E-state index contributed by atoms with van der Waals surface area (Å²) in [6, 6.07) is 7.78. The zero-order valence-electron chi connectivity index (χ0n) is 15.1. The summed E-state index contributed by atoms with van der Waals surface area (Å²) < 4.78 is 1.19. The van der Waals surface area contributed by atoms with Crippen LogP contribution in [0, 0.1) is 6.92 Å². The number of benzene rings is 1. The number of halogens is 1. The van der Waals surface area contributed by atoms with E-state index < -0.39 is 0 Å². The fourth-order valence-corrected chi connectivity index (χ4v) is 5.21. The lowest BCUT2D eigenvalue weighted by Crippen LogP contribution is -3.15. The van der Waals surface area contributed by atoms with Gasteiger partial charge in [-0.1, -0.05) is 29.0 Å². The third-order valence-corrected chi connectivity index (χ3v) is 7.35. The number of aromatic nitrogens is 1. The number of piperazine rings is 1. The summed E-state index contributed by atoms with van der Waals surface area (Å²) in [5, 5.41) is 6.81. The molecule has 1 amide bonds. The van der Waals surface area contributed by atoms with Crippen molar-refractivity contribution in [1.82, 2.24) is 10.3 Å². The Labute approximate surface area is 171 Å². The average Bonchev–Trinajstić information content (AvgIpc) is 3.35. The van der Waals surface area contributed by atoms with Gasteiger partial charge >= 0.3 is 0 Å². The van der Waals surface area contributed by atoms with E-state index in [1.807, 2.05) is 30.5 Å². The Bertz CT molecular complexity index is 933. The molecule has 1 aliphatic heterocycles. The number of fused-ring (bicyclic) bond motifs is 1. The smallest absolute Gasteiger partial charge is 0.261 e. The van der Waals surface area contributed by atoms with Gasteiger partial charge in [-0.3, -0.25) is 4.79 Å². The lowest BCUT2D eigenvalue weighted by Gasteiger charge is -2.32. The highest BCUT2D eigenvalue weighted by Gasteiger charge is 2.23. The topological polar surface area (TPSA) is 49.7 Å². The largest absolute Gasteiger partial charge is 0.346 e. The molecule has 0 spiro atoms. The number of nitrogens with zero attached hydrogens (tertiary/aromatic N) is 2. The molecule has 4 rings (SSSR count). The number of carbonyl (C=O) groups excluding carboxylic acids is 1. The monoisotopic (exact) mass is 421 g/mol. The van der Waals surface area contributed by atoms with Gasteiger partial charge in [-0.05, 0) is 36.1 Å². The molecular weight excluding hydrogens is 400 g/mol. The van der Waals surface area contributed by atoms with Crippen LogP contribution in [0.4, 0.5) is 5.13 Å². The number of thiazole rings is 1. The minimum atomic E-state index is 0.0338. The third kappa shape index (κ3) is 4.11. The molecule has 1 aliphatic rings. The van der Waals surface area contributed by atoms with E-state index in [1.165, 1.54) is 20.9 Å². The quantitative estimate of drug-likeness (QED) is 0.665. The summed E-state index contributed by atoms with van der Waals surface area (Å²) in [6.45, 7) is 7.79. The maximum atomic E-state index is 12.0. The first-order chi connectivity index (χ1) is 13.1. The summed E-state index contributed by atoms with van der Waals surface area (Å²) in [7, 11) is 0. The van der Waals surface area contributed by atoms with Crippen molar-refractivity contribution in [1.29, 1.82) is 0 Å². The van der Waals surface area contributed by atoms with Crippen molar-refractivity contribution in [2.24, 2.45) is 0 Å². The first kappa shape index (κ1) is 18.7. The van der Waals surface area contributed by atoms with E-state index in [4.69, 9.17) is 16.6 Å². The van der Waals surface area contributed by atoms with Gasteiger partial charge in [-0.15, -0.1) is 11.3 Å². The van der Waals surface area contributed by atoms with Gasteiger partial charge in [0.2, 0.25) is 0 Å². The number of carbonyl (C=O) groups is 1. The van der Waals surface area contributed by atoms with Crippen molar-refractivity contribution >= 4 is 55.5 Å². The fourth-order valence-electron chi connectivity index (χ4n) is 3.34. The zero-order chi connectivity index (χ0) is 18.8. The van der Waals surface area contributed by atoms with Crippen LogP contribution in [-0.2, 0) is 0 Å². The number of anilines is 1. The Hall–Kier alpha value is -1.67. The van der Waals surface area contributed by atoms with Crippen molar-refractivity contribution in [3.63, 3.8) is 0 Å². The highest BCUT2D eigenvalue weighted by atomic mass is 35.5. The van der Waals surface area contributed by atoms with Crippen molar-refractivity contribution < 1.29 is 9.69 Å². The molecule has 142 valence electrons. The Balaban J connectivity index is 1.29. The third-order valence-electron chi connectivity index (χ3n) is 4.99. The number of rotatable bonds is 5. The molecule has 2 N–H and O–H groups in total. The number of quaternary nitrogens is 1. The van der Waals surface area contributed by atoms with E-state index in [1.54, 1.807) is 11.3 Å². The number of thiophene rings is 1. The fraction of sp³-hybridized carbons (Fsp3) is 0.368. The first-order valence-corrected chi connectivity index (χ1v) is 11.1. The molecule has 0 bridgehead atoms. The SMILES string of the molecule is Cc1c(Cl)ccc2sc(N3CC[NH+](CCNC(=O)c4cccs4)CC3)nc12. The van der Waals surface area contributed by atoms with Crippen LogP contribution in [0.2, 0.25) is 5.02 Å². The van der Waals surface area contributed by atoms with Gasteiger partial charge in [0.25, 0.3) is 5.91 Å². The van der Waals surface area contributed by atoms with Gasteiger partial charge < -0.3 is 15.1 Å². The number of nitrogens with one attached hydrogen (secondary N) is 2. The molecule has 27 heavy (non-hydrogen) atoms. The van der Waals surface area contributed by atoms with Gasteiger partial charge in [-0.2, -0.15) is 0 Å². The van der Waals surface area contributed by atoms with Crippen LogP contribution in [0.3, 0.4) is 0 Å². The summed E-state index contributed by atoms with van der Waals surface area (Å²) in [5.41, 5.74) is 2.08. The van der Waals surface area contributed by atoms with Gasteiger partial charge in [0.15, 0.2) is 5.13 Å². The predicted octanol–water partition coefficient (Wildman–Crippen LogP) is 2.45. The summed E-state index contributed by atoms with van der Waals surface area (Å²) in [5.74, 6) is 0.0338. The molecule has 5 nitrogen and oxygen atoms in total. The van der Waals surface area contributed by atoms with Crippen LogP contribution >= 0.6 is 34.3 Å². The highest BCUT2D eigenvalue weighted by molar-refractivity contribution is 7.22. The lowest BCUT2D eigenvalue weighted by atomic mass is 10.2. The Kier molecular flexibility index (Phi) is 5.63. The van der Waals surface area contributed by atoms with E-state index in [0.29, 0.717) is 6.54 Å². The molecule has 0 radical (unpaired) electrons. The van der Waals surface area contributed by atoms with Crippen LogP contribution in [0.25, 0.3) is 10.2 Å². The van der Waals surface area contributed by atoms with Crippen LogP contribution in [0.1, 0.15) is 15.2 Å². The molecule has 3 aromatic rings. The van der Waals surface area contributed by atoms with Crippen LogP contribution in [-0.4, -0.2) is 50.2 Å². The van der Waals surface area contributed by atoms with Gasteiger partial charge in [-0.25, -0.2) is 4.98 Å². The second kappa shape index (κ2) is 8.14. The van der Waals surface area contributed by atoms with Crippen molar-refractivity contribution in [3.8, 4) is 0 Å². The minimum Gasteiger partial charge on any atom is -0.346 e. The maximum absolute atomic E-state index is 12.0. The molecule has 1 fully saturated rings. The molecule has 1 saturated heterocycles. The summed E-state index contributed by atoms with van der Waals surface area (Å²) >= 11 is 9.44. The Morgan fingerprint density at radius 2 is 2.15 bits per heavy atom. The van der Waals surface area contributed by atoms with Crippen LogP contribution in [0.15, 0.2) is 29.6 Å². The van der Waals surface area contributed by atoms with Crippen molar-refractivity contribution in [2.45, 2.75) is 6.92 Å². The van der Waals surface area contributed by atoms with E-state index >= 15 is 0 Å². The van der Waals surface area contributed by atoms with Gasteiger partial charge in [0.1, 0.15) is 0 Å². The molecule has 0 unspecified atom stereocenters. The summed E-state index contributed by atoms with van der Waals surface area (Å²) in [4.78, 5) is 21.5. The second-order valence-corrected chi connectivity index (χ2v) is 9.10. The molecule has 0 atom stereocenters. The Morgan fingerprint density at radius 1 is 1.33 bits per heavy atom. The molecule has 2 aromatic heterocycles. The predicted molar refractivity (Wildman–Crippen MR) is 114 cm³/mol. The lowest BCUT2D eigenvalue weighted by molar-refractivity contribution is -0.899.